The summed E-state index contributed by atoms with van der Waals surface area (Å²) in [7, 11) is 0. The predicted molar refractivity (Wildman–Crippen MR) is 93.9 cm³/mol. The van der Waals surface area contributed by atoms with Crippen LogP contribution >= 0.6 is 0 Å². The number of unbranched alkanes of at least 4 members (excludes halogenated alkanes) is 1. The Hall–Kier alpha value is -3.33. The van der Waals surface area contributed by atoms with Gasteiger partial charge in [-0.2, -0.15) is 5.26 Å². The fourth-order valence-electron chi connectivity index (χ4n) is 2.03. The molecule has 26 heavy (non-hydrogen) atoms. The van der Waals surface area contributed by atoms with E-state index >= 15 is 0 Å². The van der Waals surface area contributed by atoms with E-state index in [-0.39, 0.29) is 12.4 Å². The van der Waals surface area contributed by atoms with Gasteiger partial charge >= 0.3 is 11.9 Å². The van der Waals surface area contributed by atoms with Gasteiger partial charge in [0.15, 0.2) is 6.61 Å². The molecule has 0 aliphatic carbocycles. The Labute approximate surface area is 151 Å². The molecule has 0 unspecified atom stereocenters. The molecule has 0 saturated heterocycles. The van der Waals surface area contributed by atoms with Crippen LogP contribution in [0.25, 0.3) is 0 Å². The smallest absolute Gasteiger partial charge is 0.349 e. The van der Waals surface area contributed by atoms with Gasteiger partial charge in [-0.3, -0.25) is 0 Å². The van der Waals surface area contributed by atoms with E-state index in [0.717, 1.165) is 12.8 Å². The Balaban J connectivity index is 1.85. The summed E-state index contributed by atoms with van der Waals surface area (Å²) in [5.74, 6) is -0.418. The zero-order valence-corrected chi connectivity index (χ0v) is 14.4. The molecule has 0 aliphatic heterocycles. The standard InChI is InChI=1S/C20H19NO5/c1-2-3-12-24-20(23)15-8-10-17(11-9-15)26-19(22)14-25-18-7-5-4-6-16(18)13-21/h4-11H,2-3,12,14H2,1H3. The highest BCUT2D eigenvalue weighted by Gasteiger charge is 2.10. The van der Waals surface area contributed by atoms with Crippen LogP contribution in [0.2, 0.25) is 0 Å². The van der Waals surface area contributed by atoms with Gasteiger partial charge in [0.2, 0.25) is 0 Å². The number of ether oxygens (including phenoxy) is 3. The SMILES string of the molecule is CCCCOC(=O)c1ccc(OC(=O)COc2ccccc2C#N)cc1. The summed E-state index contributed by atoms with van der Waals surface area (Å²) in [5.41, 5.74) is 0.728. The molecule has 0 aliphatic rings. The lowest BCUT2D eigenvalue weighted by Gasteiger charge is -2.08. The van der Waals surface area contributed by atoms with E-state index in [2.05, 4.69) is 0 Å². The number of esters is 2. The van der Waals surface area contributed by atoms with Gasteiger partial charge in [0.25, 0.3) is 0 Å². The maximum atomic E-state index is 11.9. The topological polar surface area (TPSA) is 85.6 Å². The maximum Gasteiger partial charge on any atom is 0.349 e. The van der Waals surface area contributed by atoms with Crippen LogP contribution in [0.15, 0.2) is 48.5 Å². The Bertz CT molecular complexity index is 793. The summed E-state index contributed by atoms with van der Waals surface area (Å²) in [6.07, 6.45) is 1.76. The number of hydrogen-bond acceptors (Lipinski definition) is 6. The van der Waals surface area contributed by atoms with Crippen LogP contribution in [0.5, 0.6) is 11.5 Å². The van der Waals surface area contributed by atoms with Crippen LogP contribution < -0.4 is 9.47 Å². The normalized spacial score (nSPS) is 9.85. The minimum atomic E-state index is -0.615. The number of carbonyl (C=O) groups excluding carboxylic acids is 2. The quantitative estimate of drug-likeness (QED) is 0.410. The predicted octanol–water partition coefficient (Wildman–Crippen LogP) is 3.50. The second kappa shape index (κ2) is 9.84. The zero-order chi connectivity index (χ0) is 18.8. The van der Waals surface area contributed by atoms with Gasteiger partial charge in [0.05, 0.1) is 17.7 Å². The number of rotatable bonds is 8. The van der Waals surface area contributed by atoms with Gasteiger partial charge in [0, 0.05) is 0 Å². The van der Waals surface area contributed by atoms with Gasteiger partial charge in [-0.15, -0.1) is 0 Å². The summed E-state index contributed by atoms with van der Waals surface area (Å²) in [5, 5.41) is 8.97. The fourth-order valence-corrected chi connectivity index (χ4v) is 2.03. The monoisotopic (exact) mass is 353 g/mol. The van der Waals surface area contributed by atoms with Crippen molar-refractivity contribution < 1.29 is 23.8 Å². The van der Waals surface area contributed by atoms with E-state index in [1.165, 1.54) is 24.3 Å². The molecule has 2 aromatic rings. The van der Waals surface area contributed by atoms with Crippen LogP contribution in [-0.2, 0) is 9.53 Å². The molecule has 0 radical (unpaired) electrons. The summed E-state index contributed by atoms with van der Waals surface area (Å²) in [4.78, 5) is 23.7. The average Bonchev–Trinajstić information content (AvgIpc) is 2.67. The van der Waals surface area contributed by atoms with Gasteiger partial charge in [-0.05, 0) is 42.8 Å². The summed E-state index contributed by atoms with van der Waals surface area (Å²) >= 11 is 0. The van der Waals surface area contributed by atoms with Crippen molar-refractivity contribution in [2.45, 2.75) is 19.8 Å². The first-order valence-corrected chi connectivity index (χ1v) is 8.24. The van der Waals surface area contributed by atoms with Crippen molar-refractivity contribution in [3.63, 3.8) is 0 Å². The Kier molecular flexibility index (Phi) is 7.19. The van der Waals surface area contributed by atoms with Crippen molar-refractivity contribution in [2.75, 3.05) is 13.2 Å². The lowest BCUT2D eigenvalue weighted by molar-refractivity contribution is -0.136. The molecular weight excluding hydrogens is 334 g/mol. The molecule has 0 aromatic heterocycles. The molecule has 6 heteroatoms. The van der Waals surface area contributed by atoms with Gasteiger partial charge in [0.1, 0.15) is 17.6 Å². The van der Waals surface area contributed by atoms with E-state index < -0.39 is 11.9 Å². The first-order chi connectivity index (χ1) is 12.6. The van der Waals surface area contributed by atoms with Crippen molar-refractivity contribution in [3.05, 3.63) is 59.7 Å². The molecular formula is C20H19NO5. The second-order valence-electron chi connectivity index (χ2n) is 5.38. The molecule has 0 bridgehead atoms. The Morgan fingerprint density at radius 1 is 1.08 bits per heavy atom. The molecule has 0 spiro atoms. The molecule has 0 saturated carbocycles. The Morgan fingerprint density at radius 3 is 2.50 bits per heavy atom. The minimum absolute atomic E-state index is 0.289. The number of nitrogens with zero attached hydrogens (tertiary/aromatic N) is 1. The second-order valence-corrected chi connectivity index (χ2v) is 5.38. The van der Waals surface area contributed by atoms with Gasteiger partial charge < -0.3 is 14.2 Å². The number of carbonyl (C=O) groups is 2. The van der Waals surface area contributed by atoms with Crippen molar-refractivity contribution in [1.82, 2.24) is 0 Å². The molecule has 0 heterocycles. The summed E-state index contributed by atoms with van der Waals surface area (Å²) in [6.45, 7) is 2.06. The molecule has 2 rings (SSSR count). The lowest BCUT2D eigenvalue weighted by atomic mass is 10.2. The first kappa shape index (κ1) is 19.0. The molecule has 2 aromatic carbocycles. The summed E-state index contributed by atoms with van der Waals surface area (Å²) < 4.78 is 15.6. The largest absolute Gasteiger partial charge is 0.481 e. The molecule has 0 atom stereocenters. The van der Waals surface area contributed by atoms with Gasteiger partial charge in [-0.1, -0.05) is 25.5 Å². The van der Waals surface area contributed by atoms with E-state index in [0.29, 0.717) is 23.5 Å². The van der Waals surface area contributed by atoms with Crippen molar-refractivity contribution >= 4 is 11.9 Å². The van der Waals surface area contributed by atoms with Crippen molar-refractivity contribution in [3.8, 4) is 17.6 Å². The van der Waals surface area contributed by atoms with Crippen LogP contribution in [0.3, 0.4) is 0 Å². The molecule has 0 amide bonds. The first-order valence-electron chi connectivity index (χ1n) is 8.24. The fraction of sp³-hybridized carbons (Fsp3) is 0.250. The van der Waals surface area contributed by atoms with Crippen LogP contribution in [0.4, 0.5) is 0 Å². The van der Waals surface area contributed by atoms with Gasteiger partial charge in [-0.25, -0.2) is 9.59 Å². The molecule has 134 valence electrons. The molecule has 0 fully saturated rings. The van der Waals surface area contributed by atoms with Crippen LogP contribution in [0, 0.1) is 11.3 Å². The minimum Gasteiger partial charge on any atom is -0.481 e. The molecule has 6 nitrogen and oxygen atoms in total. The van der Waals surface area contributed by atoms with Crippen LogP contribution in [-0.4, -0.2) is 25.2 Å². The third-order valence-electron chi connectivity index (χ3n) is 3.41. The maximum absolute atomic E-state index is 11.9. The van der Waals surface area contributed by atoms with Crippen LogP contribution in [0.1, 0.15) is 35.7 Å². The van der Waals surface area contributed by atoms with E-state index in [1.807, 2.05) is 13.0 Å². The summed E-state index contributed by atoms with van der Waals surface area (Å²) in [6, 6.07) is 14.7. The van der Waals surface area contributed by atoms with Crippen molar-refractivity contribution in [2.24, 2.45) is 0 Å². The number of nitriles is 1. The average molecular weight is 353 g/mol. The molecule has 0 N–H and O–H groups in total. The Morgan fingerprint density at radius 2 is 1.81 bits per heavy atom. The number of hydrogen-bond donors (Lipinski definition) is 0. The third kappa shape index (κ3) is 5.64. The lowest BCUT2D eigenvalue weighted by Crippen LogP contribution is -2.18. The zero-order valence-electron chi connectivity index (χ0n) is 14.4. The number of benzene rings is 2. The van der Waals surface area contributed by atoms with Crippen molar-refractivity contribution in [1.29, 1.82) is 5.26 Å². The van der Waals surface area contributed by atoms with E-state index in [9.17, 15) is 9.59 Å². The highest BCUT2D eigenvalue weighted by atomic mass is 16.6. The highest BCUT2D eigenvalue weighted by Crippen LogP contribution is 2.17. The highest BCUT2D eigenvalue weighted by molar-refractivity contribution is 5.89. The number of para-hydroxylation sites is 1. The van der Waals surface area contributed by atoms with E-state index in [4.69, 9.17) is 19.5 Å². The third-order valence-corrected chi connectivity index (χ3v) is 3.41. The van der Waals surface area contributed by atoms with E-state index in [1.54, 1.807) is 24.3 Å².